The molecular formula is C18H24N4O2. The first-order valence-electron chi connectivity index (χ1n) is 8.51. The number of aromatic nitrogens is 3. The molecule has 1 saturated heterocycles. The number of methoxy groups -OCH3 is 1. The Labute approximate surface area is 142 Å². The Bertz CT molecular complexity index is 673. The van der Waals surface area contributed by atoms with E-state index < -0.39 is 0 Å². The first-order valence-corrected chi connectivity index (χ1v) is 8.51. The fraction of sp³-hybridized carbons (Fsp3) is 0.500. The van der Waals surface area contributed by atoms with Gasteiger partial charge in [-0.05, 0) is 49.9 Å². The molecule has 128 valence electrons. The molecule has 24 heavy (non-hydrogen) atoms. The summed E-state index contributed by atoms with van der Waals surface area (Å²) in [6.07, 6.45) is 4.76. The first kappa shape index (κ1) is 16.5. The van der Waals surface area contributed by atoms with Crippen LogP contribution >= 0.6 is 0 Å². The van der Waals surface area contributed by atoms with Crippen molar-refractivity contribution in [3.05, 3.63) is 42.0 Å². The van der Waals surface area contributed by atoms with Gasteiger partial charge in [-0.2, -0.15) is 0 Å². The molecule has 6 nitrogen and oxygen atoms in total. The van der Waals surface area contributed by atoms with Crippen LogP contribution in [0, 0.1) is 5.92 Å². The van der Waals surface area contributed by atoms with Crippen molar-refractivity contribution in [2.24, 2.45) is 5.92 Å². The molecule has 0 N–H and O–H groups in total. The van der Waals surface area contributed by atoms with Gasteiger partial charge in [0.15, 0.2) is 0 Å². The summed E-state index contributed by atoms with van der Waals surface area (Å²) >= 11 is 0. The SMILES string of the molecule is CCn1cnnc1CC1CCN(C(=O)c2ccc(OC)cc2)CC1. The Balaban J connectivity index is 1.55. The highest BCUT2D eigenvalue weighted by molar-refractivity contribution is 5.94. The van der Waals surface area contributed by atoms with Gasteiger partial charge in [0.1, 0.15) is 17.9 Å². The number of hydrogen-bond donors (Lipinski definition) is 0. The lowest BCUT2D eigenvalue weighted by molar-refractivity contribution is 0.0689. The van der Waals surface area contributed by atoms with Crippen molar-refractivity contribution in [2.45, 2.75) is 32.7 Å². The summed E-state index contributed by atoms with van der Waals surface area (Å²) < 4.78 is 7.23. The number of carbonyl (C=O) groups is 1. The molecule has 3 rings (SSSR count). The van der Waals surface area contributed by atoms with Crippen LogP contribution in [-0.4, -0.2) is 45.8 Å². The van der Waals surface area contributed by atoms with Crippen molar-refractivity contribution in [1.82, 2.24) is 19.7 Å². The molecule has 1 aliphatic rings. The Morgan fingerprint density at radius 3 is 2.58 bits per heavy atom. The van der Waals surface area contributed by atoms with E-state index in [0.29, 0.717) is 5.92 Å². The zero-order valence-electron chi connectivity index (χ0n) is 14.3. The third-order valence-electron chi connectivity index (χ3n) is 4.75. The summed E-state index contributed by atoms with van der Waals surface area (Å²) in [7, 11) is 1.63. The molecule has 2 heterocycles. The molecule has 1 fully saturated rings. The summed E-state index contributed by atoms with van der Waals surface area (Å²) in [5.41, 5.74) is 0.722. The molecule has 6 heteroatoms. The van der Waals surface area contributed by atoms with E-state index in [1.165, 1.54) is 0 Å². The van der Waals surface area contributed by atoms with Crippen molar-refractivity contribution in [1.29, 1.82) is 0 Å². The van der Waals surface area contributed by atoms with Crippen LogP contribution in [0.15, 0.2) is 30.6 Å². The average molecular weight is 328 g/mol. The number of benzene rings is 1. The van der Waals surface area contributed by atoms with Crippen molar-refractivity contribution >= 4 is 5.91 Å². The van der Waals surface area contributed by atoms with Gasteiger partial charge in [-0.3, -0.25) is 4.79 Å². The van der Waals surface area contributed by atoms with E-state index in [1.807, 2.05) is 29.2 Å². The van der Waals surface area contributed by atoms with Crippen LogP contribution in [0.25, 0.3) is 0 Å². The predicted molar refractivity (Wildman–Crippen MR) is 91.0 cm³/mol. The summed E-state index contributed by atoms with van der Waals surface area (Å²) in [6.45, 7) is 4.60. The molecule has 0 atom stereocenters. The lowest BCUT2D eigenvalue weighted by Gasteiger charge is -2.32. The predicted octanol–water partition coefficient (Wildman–Crippen LogP) is 2.40. The van der Waals surface area contributed by atoms with Gasteiger partial charge in [-0.25, -0.2) is 0 Å². The summed E-state index contributed by atoms with van der Waals surface area (Å²) in [4.78, 5) is 14.5. The van der Waals surface area contributed by atoms with Crippen molar-refractivity contribution in [3.63, 3.8) is 0 Å². The van der Waals surface area contributed by atoms with Crippen LogP contribution in [0.1, 0.15) is 35.9 Å². The van der Waals surface area contributed by atoms with Gasteiger partial charge in [0.25, 0.3) is 5.91 Å². The minimum Gasteiger partial charge on any atom is -0.497 e. The van der Waals surface area contributed by atoms with E-state index in [1.54, 1.807) is 13.4 Å². The highest BCUT2D eigenvalue weighted by Crippen LogP contribution is 2.23. The maximum Gasteiger partial charge on any atom is 0.253 e. The molecule has 1 aromatic heterocycles. The Kier molecular flexibility index (Phi) is 5.13. The third-order valence-corrected chi connectivity index (χ3v) is 4.75. The topological polar surface area (TPSA) is 60.2 Å². The van der Waals surface area contributed by atoms with Crippen molar-refractivity contribution in [3.8, 4) is 5.75 Å². The van der Waals surface area contributed by atoms with Crippen LogP contribution in [0.2, 0.25) is 0 Å². The first-order chi connectivity index (χ1) is 11.7. The summed E-state index contributed by atoms with van der Waals surface area (Å²) in [6, 6.07) is 7.32. The largest absolute Gasteiger partial charge is 0.497 e. The Morgan fingerprint density at radius 1 is 1.25 bits per heavy atom. The second kappa shape index (κ2) is 7.47. The fourth-order valence-electron chi connectivity index (χ4n) is 3.22. The zero-order chi connectivity index (χ0) is 16.9. The maximum absolute atomic E-state index is 12.6. The second-order valence-corrected chi connectivity index (χ2v) is 6.20. The molecule has 0 spiro atoms. The van der Waals surface area contributed by atoms with Gasteiger partial charge in [0.05, 0.1) is 7.11 Å². The standard InChI is InChI=1S/C18H24N4O2/c1-3-21-13-19-20-17(21)12-14-8-10-22(11-9-14)18(23)15-4-6-16(24-2)7-5-15/h4-7,13-14H,3,8-12H2,1-2H3. The van der Waals surface area contributed by atoms with E-state index in [2.05, 4.69) is 21.7 Å². The highest BCUT2D eigenvalue weighted by atomic mass is 16.5. The van der Waals surface area contributed by atoms with Crippen molar-refractivity contribution in [2.75, 3.05) is 20.2 Å². The number of piperidine rings is 1. The number of rotatable bonds is 5. The van der Waals surface area contributed by atoms with Gasteiger partial charge in [-0.15, -0.1) is 10.2 Å². The van der Waals surface area contributed by atoms with E-state index >= 15 is 0 Å². The molecular weight excluding hydrogens is 304 g/mol. The smallest absolute Gasteiger partial charge is 0.253 e. The molecule has 0 saturated carbocycles. The molecule has 1 amide bonds. The van der Waals surface area contributed by atoms with Gasteiger partial charge in [0.2, 0.25) is 0 Å². The Hall–Kier alpha value is -2.37. The minimum atomic E-state index is 0.104. The number of ether oxygens (including phenoxy) is 1. The van der Waals surface area contributed by atoms with E-state index in [9.17, 15) is 4.79 Å². The molecule has 0 bridgehead atoms. The monoisotopic (exact) mass is 328 g/mol. The number of aryl methyl sites for hydroxylation is 1. The number of likely N-dealkylation sites (tertiary alicyclic amines) is 1. The van der Waals surface area contributed by atoms with Crippen LogP contribution in [-0.2, 0) is 13.0 Å². The van der Waals surface area contributed by atoms with Crippen LogP contribution in [0.4, 0.5) is 0 Å². The van der Waals surface area contributed by atoms with E-state index in [-0.39, 0.29) is 5.91 Å². The van der Waals surface area contributed by atoms with E-state index in [4.69, 9.17) is 4.74 Å². The van der Waals surface area contributed by atoms with E-state index in [0.717, 1.165) is 56.0 Å². The molecule has 2 aromatic rings. The lowest BCUT2D eigenvalue weighted by atomic mass is 9.93. The fourth-order valence-corrected chi connectivity index (χ4v) is 3.22. The molecule has 0 aliphatic carbocycles. The molecule has 0 radical (unpaired) electrons. The van der Waals surface area contributed by atoms with Crippen LogP contribution < -0.4 is 4.74 Å². The number of nitrogens with zero attached hydrogens (tertiary/aromatic N) is 4. The van der Waals surface area contributed by atoms with Crippen LogP contribution in [0.3, 0.4) is 0 Å². The number of amides is 1. The normalized spacial score (nSPS) is 15.5. The summed E-state index contributed by atoms with van der Waals surface area (Å²) in [5, 5.41) is 8.21. The lowest BCUT2D eigenvalue weighted by Crippen LogP contribution is -2.39. The molecule has 0 unspecified atom stereocenters. The van der Waals surface area contributed by atoms with Gasteiger partial charge in [0, 0.05) is 31.6 Å². The van der Waals surface area contributed by atoms with Gasteiger partial charge in [-0.1, -0.05) is 0 Å². The second-order valence-electron chi connectivity index (χ2n) is 6.20. The third kappa shape index (κ3) is 3.58. The molecule has 1 aliphatic heterocycles. The highest BCUT2D eigenvalue weighted by Gasteiger charge is 2.24. The molecule has 1 aromatic carbocycles. The zero-order valence-corrected chi connectivity index (χ0v) is 14.3. The number of carbonyl (C=O) groups excluding carboxylic acids is 1. The Morgan fingerprint density at radius 2 is 1.96 bits per heavy atom. The van der Waals surface area contributed by atoms with Gasteiger partial charge >= 0.3 is 0 Å². The van der Waals surface area contributed by atoms with Crippen LogP contribution in [0.5, 0.6) is 5.75 Å². The number of hydrogen-bond acceptors (Lipinski definition) is 4. The average Bonchev–Trinajstić information content (AvgIpc) is 3.09. The summed E-state index contributed by atoms with van der Waals surface area (Å²) in [5.74, 6) is 2.50. The van der Waals surface area contributed by atoms with Crippen molar-refractivity contribution < 1.29 is 9.53 Å². The van der Waals surface area contributed by atoms with Gasteiger partial charge < -0.3 is 14.2 Å². The maximum atomic E-state index is 12.6. The quantitative estimate of drug-likeness (QED) is 0.845. The minimum absolute atomic E-state index is 0.104.